The Bertz CT molecular complexity index is 1050. The van der Waals surface area contributed by atoms with Gasteiger partial charge in [-0.25, -0.2) is 0 Å². The third-order valence-electron chi connectivity index (χ3n) is 8.48. The maximum absolute atomic E-state index is 13.7. The molecule has 196 valence electrons. The van der Waals surface area contributed by atoms with Crippen molar-refractivity contribution < 1.29 is 9.59 Å². The zero-order valence-corrected chi connectivity index (χ0v) is 23.0. The Balaban J connectivity index is 1.24. The smallest absolute Gasteiger partial charge is 0.262 e. The van der Waals surface area contributed by atoms with Gasteiger partial charge in [0.2, 0.25) is 5.91 Å². The van der Waals surface area contributed by atoms with Crippen LogP contribution in [0.25, 0.3) is 10.1 Å². The van der Waals surface area contributed by atoms with Crippen molar-refractivity contribution >= 4 is 44.8 Å². The molecule has 1 aromatic heterocycles. The van der Waals surface area contributed by atoms with E-state index >= 15 is 0 Å². The summed E-state index contributed by atoms with van der Waals surface area (Å²) in [5.74, 6) is 1.44. The van der Waals surface area contributed by atoms with E-state index in [4.69, 9.17) is 11.6 Å². The zero-order chi connectivity index (χ0) is 25.1. The summed E-state index contributed by atoms with van der Waals surface area (Å²) in [6, 6.07) is 7.07. The summed E-state index contributed by atoms with van der Waals surface area (Å²) in [6.07, 6.45) is 8.30. The molecule has 0 saturated carbocycles. The minimum Gasteiger partial charge on any atom is -0.341 e. The number of carbonyl (C=O) groups is 2. The van der Waals surface area contributed by atoms with Gasteiger partial charge in [0.05, 0.1) is 4.88 Å². The van der Waals surface area contributed by atoms with Gasteiger partial charge in [-0.15, -0.1) is 11.3 Å². The minimum absolute atomic E-state index is 0.0832. The fourth-order valence-corrected chi connectivity index (χ4v) is 7.49. The van der Waals surface area contributed by atoms with Crippen LogP contribution in [-0.2, 0) is 4.79 Å². The molecular formula is C28H39ClN4O2S. The van der Waals surface area contributed by atoms with Gasteiger partial charge in [0.15, 0.2) is 0 Å². The monoisotopic (exact) mass is 530 g/mol. The van der Waals surface area contributed by atoms with Crippen LogP contribution in [0.15, 0.2) is 24.3 Å². The average Bonchev–Trinajstić information content (AvgIpc) is 3.32. The van der Waals surface area contributed by atoms with Crippen LogP contribution in [0.2, 0.25) is 5.02 Å². The van der Waals surface area contributed by atoms with Gasteiger partial charge in [0, 0.05) is 29.4 Å². The molecule has 3 saturated heterocycles. The number of hydrogen-bond donors (Lipinski definition) is 1. The first kappa shape index (κ1) is 26.0. The molecule has 0 aliphatic carbocycles. The quantitative estimate of drug-likeness (QED) is 0.587. The number of likely N-dealkylation sites (tertiary alicyclic amines) is 3. The van der Waals surface area contributed by atoms with Crippen LogP contribution >= 0.6 is 22.9 Å². The second kappa shape index (κ2) is 11.8. The predicted octanol–water partition coefficient (Wildman–Crippen LogP) is 4.72. The fraction of sp³-hybridized carbons (Fsp3) is 0.643. The normalized spacial score (nSPS) is 22.1. The molecule has 3 aliphatic rings. The van der Waals surface area contributed by atoms with Gasteiger partial charge < -0.3 is 20.0 Å². The highest BCUT2D eigenvalue weighted by Gasteiger charge is 2.34. The first-order valence-corrected chi connectivity index (χ1v) is 14.9. The summed E-state index contributed by atoms with van der Waals surface area (Å²) < 4.78 is 0.988. The van der Waals surface area contributed by atoms with Crippen LogP contribution in [-0.4, -0.2) is 85.4 Å². The van der Waals surface area contributed by atoms with E-state index in [0.29, 0.717) is 16.4 Å². The summed E-state index contributed by atoms with van der Waals surface area (Å²) in [5, 5.41) is 4.80. The van der Waals surface area contributed by atoms with Crippen molar-refractivity contribution in [3.63, 3.8) is 0 Å². The van der Waals surface area contributed by atoms with Gasteiger partial charge in [-0.3, -0.25) is 9.59 Å². The number of nitrogens with one attached hydrogen (secondary N) is 1. The SMILES string of the molecule is CN1CCC(C2CCN(C(=O)[C@@H](CN3CCCCC3)NC(=O)c3cc4ccc(Cl)cc4s3)CC2)CC1. The van der Waals surface area contributed by atoms with Crippen molar-refractivity contribution in [3.05, 3.63) is 34.2 Å². The van der Waals surface area contributed by atoms with Crippen molar-refractivity contribution in [3.8, 4) is 0 Å². The number of halogens is 1. The number of fused-ring (bicyclic) bond motifs is 1. The average molecular weight is 531 g/mol. The number of carbonyl (C=O) groups excluding carboxylic acids is 2. The topological polar surface area (TPSA) is 55.9 Å². The second-order valence-electron chi connectivity index (χ2n) is 11.0. The molecule has 4 heterocycles. The number of nitrogens with zero attached hydrogens (tertiary/aromatic N) is 3. The van der Waals surface area contributed by atoms with Crippen LogP contribution in [0.5, 0.6) is 0 Å². The van der Waals surface area contributed by atoms with Crippen molar-refractivity contribution in [2.75, 3.05) is 52.9 Å². The largest absolute Gasteiger partial charge is 0.341 e. The fourth-order valence-electron chi connectivity index (χ4n) is 6.24. The van der Waals surface area contributed by atoms with Crippen molar-refractivity contribution in [1.82, 2.24) is 20.0 Å². The van der Waals surface area contributed by atoms with Gasteiger partial charge in [-0.2, -0.15) is 0 Å². The molecular weight excluding hydrogens is 492 g/mol. The summed E-state index contributed by atoms with van der Waals surface area (Å²) >= 11 is 7.58. The third kappa shape index (κ3) is 6.24. The van der Waals surface area contributed by atoms with Gasteiger partial charge in [0.25, 0.3) is 5.91 Å². The molecule has 3 fully saturated rings. The molecule has 1 aromatic carbocycles. The molecule has 2 amide bonds. The third-order valence-corrected chi connectivity index (χ3v) is 9.81. The van der Waals surface area contributed by atoms with E-state index in [1.165, 1.54) is 43.7 Å². The Kier molecular flexibility index (Phi) is 8.51. The number of hydrogen-bond acceptors (Lipinski definition) is 5. The predicted molar refractivity (Wildman–Crippen MR) is 148 cm³/mol. The summed E-state index contributed by atoms with van der Waals surface area (Å²) in [6.45, 7) is 6.59. The van der Waals surface area contributed by atoms with E-state index in [0.717, 1.165) is 73.8 Å². The summed E-state index contributed by atoms with van der Waals surface area (Å²) in [4.78, 5) is 34.5. The summed E-state index contributed by atoms with van der Waals surface area (Å²) in [7, 11) is 2.21. The number of thiophene rings is 1. The van der Waals surface area contributed by atoms with E-state index in [1.807, 2.05) is 29.2 Å². The van der Waals surface area contributed by atoms with Crippen LogP contribution in [0.4, 0.5) is 0 Å². The van der Waals surface area contributed by atoms with Gasteiger partial charge in [-0.05, 0) is 107 Å². The van der Waals surface area contributed by atoms with E-state index in [2.05, 4.69) is 22.2 Å². The molecule has 3 aliphatic heterocycles. The zero-order valence-electron chi connectivity index (χ0n) is 21.4. The van der Waals surface area contributed by atoms with Crippen molar-refractivity contribution in [1.29, 1.82) is 0 Å². The Morgan fingerprint density at radius 1 is 0.972 bits per heavy atom. The van der Waals surface area contributed by atoms with Crippen LogP contribution in [0, 0.1) is 11.8 Å². The molecule has 0 radical (unpaired) electrons. The maximum atomic E-state index is 13.7. The molecule has 8 heteroatoms. The number of amides is 2. The van der Waals surface area contributed by atoms with E-state index in [9.17, 15) is 9.59 Å². The number of benzene rings is 1. The highest BCUT2D eigenvalue weighted by atomic mass is 35.5. The molecule has 1 N–H and O–H groups in total. The van der Waals surface area contributed by atoms with Crippen molar-refractivity contribution in [2.45, 2.75) is 51.0 Å². The first-order valence-electron chi connectivity index (χ1n) is 13.7. The van der Waals surface area contributed by atoms with Crippen LogP contribution in [0.1, 0.15) is 54.6 Å². The molecule has 5 rings (SSSR count). The lowest BCUT2D eigenvalue weighted by molar-refractivity contribution is -0.135. The second-order valence-corrected chi connectivity index (χ2v) is 12.5. The molecule has 0 unspecified atom stereocenters. The molecule has 36 heavy (non-hydrogen) atoms. The molecule has 6 nitrogen and oxygen atoms in total. The van der Waals surface area contributed by atoms with Gasteiger partial charge >= 0.3 is 0 Å². The lowest BCUT2D eigenvalue weighted by Gasteiger charge is -2.40. The van der Waals surface area contributed by atoms with Crippen LogP contribution < -0.4 is 5.32 Å². The Labute approximate surface area is 223 Å². The Morgan fingerprint density at radius 2 is 1.64 bits per heavy atom. The lowest BCUT2D eigenvalue weighted by atomic mass is 9.79. The lowest BCUT2D eigenvalue weighted by Crippen LogP contribution is -2.55. The van der Waals surface area contributed by atoms with E-state index in [-0.39, 0.29) is 11.8 Å². The Hall–Kier alpha value is -1.67. The van der Waals surface area contributed by atoms with E-state index in [1.54, 1.807) is 0 Å². The highest BCUT2D eigenvalue weighted by molar-refractivity contribution is 7.20. The summed E-state index contributed by atoms with van der Waals surface area (Å²) in [5.41, 5.74) is 0. The Morgan fingerprint density at radius 3 is 2.33 bits per heavy atom. The van der Waals surface area contributed by atoms with Gasteiger partial charge in [-0.1, -0.05) is 24.1 Å². The van der Waals surface area contributed by atoms with Crippen LogP contribution in [0.3, 0.4) is 0 Å². The maximum Gasteiger partial charge on any atom is 0.262 e. The molecule has 1 atom stereocenters. The van der Waals surface area contributed by atoms with E-state index < -0.39 is 6.04 Å². The van der Waals surface area contributed by atoms with Gasteiger partial charge in [0.1, 0.15) is 6.04 Å². The first-order chi connectivity index (χ1) is 17.5. The number of rotatable bonds is 6. The molecule has 0 bridgehead atoms. The minimum atomic E-state index is -0.510. The highest BCUT2D eigenvalue weighted by Crippen LogP contribution is 2.32. The standard InChI is InChI=1S/C28H39ClN4O2S/c1-31-13-7-20(8-14-31)21-9-15-33(16-10-21)28(35)24(19-32-11-3-2-4-12-32)30-27(34)26-17-22-5-6-23(29)18-25(22)36-26/h5-6,17-18,20-21,24H,2-4,7-16,19H2,1H3,(H,30,34)/t24-/m1/s1. The molecule has 2 aromatic rings. The van der Waals surface area contributed by atoms with Crippen molar-refractivity contribution in [2.24, 2.45) is 11.8 Å². The number of piperidine rings is 3. The molecule has 0 spiro atoms.